The van der Waals surface area contributed by atoms with Crippen LogP contribution >= 0.6 is 0 Å². The predicted molar refractivity (Wildman–Crippen MR) is 65.5 cm³/mol. The van der Waals surface area contributed by atoms with Gasteiger partial charge in [-0.2, -0.15) is 0 Å². The molecule has 2 N–H and O–H groups in total. The molecule has 2 nitrogen and oxygen atoms in total. The molecule has 2 aromatic rings. The highest BCUT2D eigenvalue weighted by atomic mass is 19.1. The molecule has 0 heterocycles. The summed E-state index contributed by atoms with van der Waals surface area (Å²) in [5.41, 5.74) is 6.52. The molecule has 0 atom stereocenters. The summed E-state index contributed by atoms with van der Waals surface area (Å²) in [5.74, 6) is -0.579. The van der Waals surface area contributed by atoms with Crippen LogP contribution in [-0.4, -0.2) is 0 Å². The molecule has 0 fully saturated rings. The minimum Gasteiger partial charge on any atom is -0.454 e. The second-order valence-electron chi connectivity index (χ2n) is 3.95. The summed E-state index contributed by atoms with van der Waals surface area (Å²) in [6.07, 6.45) is 0. The number of para-hydroxylation sites is 1. The SMILES string of the molecule is Cc1cc(CN)c(F)cc1Oc1ccccc1F. The second kappa shape index (κ2) is 5.14. The fourth-order valence-electron chi connectivity index (χ4n) is 1.64. The molecule has 0 saturated carbocycles. The van der Waals surface area contributed by atoms with Crippen molar-refractivity contribution in [3.05, 3.63) is 59.2 Å². The third-order valence-electron chi connectivity index (χ3n) is 2.62. The lowest BCUT2D eigenvalue weighted by molar-refractivity contribution is 0.435. The Morgan fingerprint density at radius 2 is 1.78 bits per heavy atom. The van der Waals surface area contributed by atoms with E-state index in [1.807, 2.05) is 0 Å². The van der Waals surface area contributed by atoms with Crippen LogP contribution in [0.4, 0.5) is 8.78 Å². The largest absolute Gasteiger partial charge is 0.454 e. The van der Waals surface area contributed by atoms with E-state index >= 15 is 0 Å². The lowest BCUT2D eigenvalue weighted by Crippen LogP contribution is -2.01. The lowest BCUT2D eigenvalue weighted by Gasteiger charge is -2.11. The van der Waals surface area contributed by atoms with Gasteiger partial charge in [0.05, 0.1) is 0 Å². The summed E-state index contributed by atoms with van der Waals surface area (Å²) in [4.78, 5) is 0. The number of nitrogens with two attached hydrogens (primary N) is 1. The van der Waals surface area contributed by atoms with Gasteiger partial charge in [-0.05, 0) is 30.7 Å². The van der Waals surface area contributed by atoms with Crippen LogP contribution in [-0.2, 0) is 6.54 Å². The standard InChI is InChI=1S/C14H13F2NO/c1-9-6-10(8-17)12(16)7-14(9)18-13-5-3-2-4-11(13)15/h2-7H,8,17H2,1H3. The first kappa shape index (κ1) is 12.5. The smallest absolute Gasteiger partial charge is 0.165 e. The van der Waals surface area contributed by atoms with Gasteiger partial charge in [0.2, 0.25) is 0 Å². The number of aryl methyl sites for hydroxylation is 1. The van der Waals surface area contributed by atoms with Crippen molar-refractivity contribution >= 4 is 0 Å². The second-order valence-corrected chi connectivity index (χ2v) is 3.95. The maximum absolute atomic E-state index is 13.6. The molecule has 94 valence electrons. The number of benzene rings is 2. The molecule has 0 aliphatic rings. The van der Waals surface area contributed by atoms with E-state index in [1.54, 1.807) is 25.1 Å². The maximum Gasteiger partial charge on any atom is 0.165 e. The molecule has 0 aliphatic carbocycles. The van der Waals surface area contributed by atoms with Crippen molar-refractivity contribution in [2.75, 3.05) is 0 Å². The summed E-state index contributed by atoms with van der Waals surface area (Å²) in [6.45, 7) is 1.88. The number of hydrogen-bond acceptors (Lipinski definition) is 2. The van der Waals surface area contributed by atoms with Gasteiger partial charge in [0.1, 0.15) is 11.6 Å². The summed E-state index contributed by atoms with van der Waals surface area (Å²) < 4.78 is 32.4. The number of hydrogen-bond donors (Lipinski definition) is 1. The minimum absolute atomic E-state index is 0.0699. The monoisotopic (exact) mass is 249 g/mol. The van der Waals surface area contributed by atoms with Crippen molar-refractivity contribution in [3.8, 4) is 11.5 Å². The Balaban J connectivity index is 2.35. The van der Waals surface area contributed by atoms with Gasteiger partial charge in [-0.3, -0.25) is 0 Å². The Morgan fingerprint density at radius 1 is 1.06 bits per heavy atom. The zero-order chi connectivity index (χ0) is 13.1. The molecule has 0 spiro atoms. The van der Waals surface area contributed by atoms with Crippen molar-refractivity contribution in [1.29, 1.82) is 0 Å². The van der Waals surface area contributed by atoms with E-state index in [0.29, 0.717) is 11.1 Å². The molecule has 2 aromatic carbocycles. The molecule has 0 amide bonds. The summed E-state index contributed by atoms with van der Waals surface area (Å²) in [6, 6.07) is 8.82. The van der Waals surface area contributed by atoms with Crippen LogP contribution in [0.1, 0.15) is 11.1 Å². The normalized spacial score (nSPS) is 10.4. The van der Waals surface area contributed by atoms with Crippen LogP contribution in [0.5, 0.6) is 11.5 Å². The van der Waals surface area contributed by atoms with E-state index in [-0.39, 0.29) is 18.0 Å². The van der Waals surface area contributed by atoms with Gasteiger partial charge in [-0.1, -0.05) is 12.1 Å². The fourth-order valence-corrected chi connectivity index (χ4v) is 1.64. The van der Waals surface area contributed by atoms with Crippen LogP contribution in [0.3, 0.4) is 0 Å². The fraction of sp³-hybridized carbons (Fsp3) is 0.143. The molecule has 0 aliphatic heterocycles. The van der Waals surface area contributed by atoms with Gasteiger partial charge in [-0.25, -0.2) is 8.78 Å². The van der Waals surface area contributed by atoms with E-state index < -0.39 is 11.6 Å². The van der Waals surface area contributed by atoms with Crippen LogP contribution in [0.25, 0.3) is 0 Å². The Kier molecular flexibility index (Phi) is 3.58. The first-order valence-electron chi connectivity index (χ1n) is 5.53. The summed E-state index contributed by atoms with van der Waals surface area (Å²) >= 11 is 0. The molecule has 4 heteroatoms. The lowest BCUT2D eigenvalue weighted by atomic mass is 10.1. The van der Waals surface area contributed by atoms with Crippen LogP contribution in [0, 0.1) is 18.6 Å². The zero-order valence-corrected chi connectivity index (χ0v) is 9.91. The van der Waals surface area contributed by atoms with E-state index in [1.165, 1.54) is 18.2 Å². The van der Waals surface area contributed by atoms with E-state index in [2.05, 4.69) is 0 Å². The average Bonchev–Trinajstić information content (AvgIpc) is 2.36. The van der Waals surface area contributed by atoms with Gasteiger partial charge in [-0.15, -0.1) is 0 Å². The van der Waals surface area contributed by atoms with Crippen molar-refractivity contribution in [1.82, 2.24) is 0 Å². The Labute approximate surface area is 104 Å². The first-order chi connectivity index (χ1) is 8.61. The molecule has 2 rings (SSSR count). The number of rotatable bonds is 3. The molecular formula is C14H13F2NO. The molecular weight excluding hydrogens is 236 g/mol. The van der Waals surface area contributed by atoms with Gasteiger partial charge in [0.25, 0.3) is 0 Å². The third-order valence-corrected chi connectivity index (χ3v) is 2.62. The van der Waals surface area contributed by atoms with Gasteiger partial charge < -0.3 is 10.5 Å². The molecule has 0 radical (unpaired) electrons. The van der Waals surface area contributed by atoms with Gasteiger partial charge in [0.15, 0.2) is 11.6 Å². The summed E-state index contributed by atoms with van der Waals surface area (Å²) in [7, 11) is 0. The number of ether oxygens (including phenoxy) is 1. The predicted octanol–water partition coefficient (Wildman–Crippen LogP) is 3.52. The summed E-state index contributed by atoms with van der Waals surface area (Å²) in [5, 5.41) is 0. The van der Waals surface area contributed by atoms with E-state index in [0.717, 1.165) is 0 Å². The van der Waals surface area contributed by atoms with Crippen LogP contribution < -0.4 is 10.5 Å². The highest BCUT2D eigenvalue weighted by molar-refractivity contribution is 5.40. The van der Waals surface area contributed by atoms with Crippen molar-refractivity contribution in [2.45, 2.75) is 13.5 Å². The van der Waals surface area contributed by atoms with Crippen molar-refractivity contribution in [3.63, 3.8) is 0 Å². The Morgan fingerprint density at radius 3 is 2.44 bits per heavy atom. The van der Waals surface area contributed by atoms with Crippen LogP contribution in [0.15, 0.2) is 36.4 Å². The maximum atomic E-state index is 13.6. The molecule has 0 saturated heterocycles. The van der Waals surface area contributed by atoms with Crippen LogP contribution in [0.2, 0.25) is 0 Å². The van der Waals surface area contributed by atoms with E-state index in [4.69, 9.17) is 10.5 Å². The Bertz CT molecular complexity index is 570. The van der Waals surface area contributed by atoms with Crippen molar-refractivity contribution < 1.29 is 13.5 Å². The molecule has 0 aromatic heterocycles. The average molecular weight is 249 g/mol. The molecule has 0 unspecified atom stereocenters. The highest BCUT2D eigenvalue weighted by Gasteiger charge is 2.10. The van der Waals surface area contributed by atoms with Gasteiger partial charge in [0, 0.05) is 18.2 Å². The zero-order valence-electron chi connectivity index (χ0n) is 9.91. The topological polar surface area (TPSA) is 35.2 Å². The number of halogens is 2. The van der Waals surface area contributed by atoms with Crippen molar-refractivity contribution in [2.24, 2.45) is 5.73 Å². The molecule has 18 heavy (non-hydrogen) atoms. The first-order valence-corrected chi connectivity index (χ1v) is 5.53. The minimum atomic E-state index is -0.486. The quantitative estimate of drug-likeness (QED) is 0.903. The third kappa shape index (κ3) is 2.49. The highest BCUT2D eigenvalue weighted by Crippen LogP contribution is 2.28. The Hall–Kier alpha value is -1.94. The van der Waals surface area contributed by atoms with Gasteiger partial charge >= 0.3 is 0 Å². The molecule has 0 bridgehead atoms. The van der Waals surface area contributed by atoms with E-state index in [9.17, 15) is 8.78 Å².